The van der Waals surface area contributed by atoms with Crippen molar-refractivity contribution in [3.05, 3.63) is 24.3 Å². The van der Waals surface area contributed by atoms with Crippen molar-refractivity contribution in [1.29, 1.82) is 0 Å². The summed E-state index contributed by atoms with van der Waals surface area (Å²) in [5, 5.41) is 3.20. The van der Waals surface area contributed by atoms with Gasteiger partial charge < -0.3 is 15.0 Å². The van der Waals surface area contributed by atoms with Crippen molar-refractivity contribution in [3.63, 3.8) is 0 Å². The highest BCUT2D eigenvalue weighted by atomic mass is 16.5. The van der Waals surface area contributed by atoms with Crippen LogP contribution in [0, 0.1) is 5.92 Å². The van der Waals surface area contributed by atoms with Crippen LogP contribution in [0.5, 0.6) is 5.75 Å². The van der Waals surface area contributed by atoms with Crippen LogP contribution in [0.1, 0.15) is 6.92 Å². The maximum atomic E-state index is 5.22. The van der Waals surface area contributed by atoms with E-state index >= 15 is 0 Å². The van der Waals surface area contributed by atoms with E-state index in [1.54, 1.807) is 7.11 Å². The molecule has 0 amide bonds. The minimum atomic E-state index is 0.626. The van der Waals surface area contributed by atoms with E-state index in [0.717, 1.165) is 18.8 Å². The molecule has 1 aromatic rings. The van der Waals surface area contributed by atoms with Crippen molar-refractivity contribution in [2.75, 3.05) is 39.2 Å². The fourth-order valence-electron chi connectivity index (χ4n) is 1.83. The van der Waals surface area contributed by atoms with Crippen LogP contribution in [0.15, 0.2) is 24.3 Å². The molecule has 0 spiro atoms. The number of hydrogen-bond donors (Lipinski definition) is 1. The Labute approximate surface area is 98.4 Å². The zero-order chi connectivity index (χ0) is 12.0. The van der Waals surface area contributed by atoms with Crippen molar-refractivity contribution in [2.24, 2.45) is 5.92 Å². The quantitative estimate of drug-likeness (QED) is 0.796. The first-order valence-corrected chi connectivity index (χ1v) is 5.67. The second-order valence-electron chi connectivity index (χ2n) is 4.24. The van der Waals surface area contributed by atoms with Crippen molar-refractivity contribution in [3.8, 4) is 5.75 Å². The second kappa shape index (κ2) is 6.38. The highest BCUT2D eigenvalue weighted by Crippen LogP contribution is 2.20. The molecule has 1 rings (SSSR count). The van der Waals surface area contributed by atoms with Crippen molar-refractivity contribution >= 4 is 5.69 Å². The van der Waals surface area contributed by atoms with E-state index in [1.807, 2.05) is 19.2 Å². The van der Waals surface area contributed by atoms with Gasteiger partial charge in [0, 0.05) is 25.3 Å². The molecule has 1 aromatic carbocycles. The maximum Gasteiger partial charge on any atom is 0.120 e. The smallest absolute Gasteiger partial charge is 0.120 e. The molecule has 0 bridgehead atoms. The summed E-state index contributed by atoms with van der Waals surface area (Å²) in [5.41, 5.74) is 1.20. The molecule has 0 fully saturated rings. The average molecular weight is 222 g/mol. The van der Waals surface area contributed by atoms with Gasteiger partial charge in [0.05, 0.1) is 7.11 Å². The molecule has 0 aliphatic heterocycles. The highest BCUT2D eigenvalue weighted by Gasteiger charge is 2.07. The lowest BCUT2D eigenvalue weighted by atomic mass is 10.1. The molecule has 1 atom stereocenters. The number of anilines is 1. The van der Waals surface area contributed by atoms with Gasteiger partial charge in [-0.1, -0.05) is 13.0 Å². The zero-order valence-electron chi connectivity index (χ0n) is 10.7. The Kier molecular flexibility index (Phi) is 5.12. The molecule has 0 saturated heterocycles. The number of methoxy groups -OCH3 is 1. The fraction of sp³-hybridized carbons (Fsp3) is 0.538. The number of benzene rings is 1. The summed E-state index contributed by atoms with van der Waals surface area (Å²) < 4.78 is 5.22. The Morgan fingerprint density at radius 2 is 2.19 bits per heavy atom. The van der Waals surface area contributed by atoms with E-state index in [4.69, 9.17) is 4.74 Å². The van der Waals surface area contributed by atoms with Crippen molar-refractivity contribution in [2.45, 2.75) is 6.92 Å². The minimum absolute atomic E-state index is 0.626. The number of nitrogens with one attached hydrogen (secondary N) is 1. The van der Waals surface area contributed by atoms with Crippen LogP contribution in [-0.2, 0) is 0 Å². The third kappa shape index (κ3) is 3.74. The molecule has 0 aliphatic carbocycles. The van der Waals surface area contributed by atoms with E-state index in [1.165, 1.54) is 5.69 Å². The summed E-state index contributed by atoms with van der Waals surface area (Å²) in [6, 6.07) is 8.16. The topological polar surface area (TPSA) is 24.5 Å². The van der Waals surface area contributed by atoms with Gasteiger partial charge in [0.25, 0.3) is 0 Å². The summed E-state index contributed by atoms with van der Waals surface area (Å²) in [6.45, 7) is 4.31. The SMILES string of the molecule is CNCC(C)CN(C)c1cccc(OC)c1. The van der Waals surface area contributed by atoms with E-state index in [-0.39, 0.29) is 0 Å². The Morgan fingerprint density at radius 3 is 2.81 bits per heavy atom. The molecule has 1 unspecified atom stereocenters. The van der Waals surface area contributed by atoms with Gasteiger partial charge in [0.15, 0.2) is 0 Å². The molecule has 16 heavy (non-hydrogen) atoms. The molecule has 0 heterocycles. The lowest BCUT2D eigenvalue weighted by Gasteiger charge is -2.23. The standard InChI is InChI=1S/C13H22N2O/c1-11(9-14-2)10-15(3)12-6-5-7-13(8-12)16-4/h5-8,11,14H,9-10H2,1-4H3. The summed E-state index contributed by atoms with van der Waals surface area (Å²) in [7, 11) is 5.80. The maximum absolute atomic E-state index is 5.22. The highest BCUT2D eigenvalue weighted by molar-refractivity contribution is 5.50. The summed E-state index contributed by atoms with van der Waals surface area (Å²) in [6.07, 6.45) is 0. The third-order valence-corrected chi connectivity index (χ3v) is 2.63. The normalized spacial score (nSPS) is 12.2. The van der Waals surface area contributed by atoms with E-state index in [0.29, 0.717) is 5.92 Å². The van der Waals surface area contributed by atoms with Crippen LogP contribution in [0.2, 0.25) is 0 Å². The van der Waals surface area contributed by atoms with Crippen LogP contribution in [-0.4, -0.2) is 34.3 Å². The number of nitrogens with zero attached hydrogens (tertiary/aromatic N) is 1. The monoisotopic (exact) mass is 222 g/mol. The van der Waals surface area contributed by atoms with Gasteiger partial charge in [-0.25, -0.2) is 0 Å². The van der Waals surface area contributed by atoms with Crippen molar-refractivity contribution in [1.82, 2.24) is 5.32 Å². The summed E-state index contributed by atoms with van der Waals surface area (Å²) in [4.78, 5) is 2.25. The Bertz CT molecular complexity index is 315. The molecular weight excluding hydrogens is 200 g/mol. The van der Waals surface area contributed by atoms with Gasteiger partial charge in [-0.15, -0.1) is 0 Å². The Hall–Kier alpha value is -1.22. The first-order chi connectivity index (χ1) is 7.67. The lowest BCUT2D eigenvalue weighted by molar-refractivity contribution is 0.414. The van der Waals surface area contributed by atoms with Crippen LogP contribution in [0.25, 0.3) is 0 Å². The molecule has 1 N–H and O–H groups in total. The van der Waals surface area contributed by atoms with Gasteiger partial charge in [-0.3, -0.25) is 0 Å². The molecule has 0 aliphatic rings. The van der Waals surface area contributed by atoms with Crippen molar-refractivity contribution < 1.29 is 4.74 Å². The van der Waals surface area contributed by atoms with Crippen LogP contribution >= 0.6 is 0 Å². The molecule has 0 aromatic heterocycles. The predicted octanol–water partition coefficient (Wildman–Crippen LogP) is 1.99. The van der Waals surface area contributed by atoms with E-state index in [9.17, 15) is 0 Å². The van der Waals surface area contributed by atoms with Gasteiger partial charge >= 0.3 is 0 Å². The fourth-order valence-corrected chi connectivity index (χ4v) is 1.83. The van der Waals surface area contributed by atoms with Gasteiger partial charge in [0.1, 0.15) is 5.75 Å². The average Bonchev–Trinajstić information content (AvgIpc) is 2.29. The van der Waals surface area contributed by atoms with E-state index in [2.05, 4.69) is 36.3 Å². The molecule has 0 radical (unpaired) electrons. The largest absolute Gasteiger partial charge is 0.497 e. The molecule has 3 nitrogen and oxygen atoms in total. The molecule has 90 valence electrons. The molecule has 3 heteroatoms. The first-order valence-electron chi connectivity index (χ1n) is 5.67. The van der Waals surface area contributed by atoms with Crippen LogP contribution < -0.4 is 15.0 Å². The second-order valence-corrected chi connectivity index (χ2v) is 4.24. The van der Waals surface area contributed by atoms with Gasteiger partial charge in [-0.2, -0.15) is 0 Å². The summed E-state index contributed by atoms with van der Waals surface area (Å²) in [5.74, 6) is 1.53. The first kappa shape index (κ1) is 12.8. The van der Waals surface area contributed by atoms with Crippen LogP contribution in [0.4, 0.5) is 5.69 Å². The van der Waals surface area contributed by atoms with E-state index < -0.39 is 0 Å². The Morgan fingerprint density at radius 1 is 1.44 bits per heavy atom. The van der Waals surface area contributed by atoms with Gasteiger partial charge in [-0.05, 0) is 31.6 Å². The number of hydrogen-bond acceptors (Lipinski definition) is 3. The van der Waals surface area contributed by atoms with Gasteiger partial charge in [0.2, 0.25) is 0 Å². The summed E-state index contributed by atoms with van der Waals surface area (Å²) >= 11 is 0. The molecular formula is C13H22N2O. The molecule has 0 saturated carbocycles. The number of rotatable bonds is 6. The predicted molar refractivity (Wildman–Crippen MR) is 69.4 cm³/mol. The number of ether oxygens (including phenoxy) is 1. The van der Waals surface area contributed by atoms with Crippen LogP contribution in [0.3, 0.4) is 0 Å². The third-order valence-electron chi connectivity index (χ3n) is 2.63. The zero-order valence-corrected chi connectivity index (χ0v) is 10.7. The minimum Gasteiger partial charge on any atom is -0.497 e. The Balaban J connectivity index is 2.61. The lowest BCUT2D eigenvalue weighted by Crippen LogP contribution is -2.29.